The quantitative estimate of drug-likeness (QED) is 0.598. The Bertz CT molecular complexity index is 1100. The zero-order chi connectivity index (χ0) is 21.3. The molecule has 0 atom stereocenters. The van der Waals surface area contributed by atoms with E-state index in [-0.39, 0.29) is 17.2 Å². The van der Waals surface area contributed by atoms with Crippen molar-refractivity contribution in [3.05, 3.63) is 58.7 Å². The van der Waals surface area contributed by atoms with E-state index in [0.29, 0.717) is 22.8 Å². The van der Waals surface area contributed by atoms with Crippen molar-refractivity contribution < 1.29 is 9.59 Å². The van der Waals surface area contributed by atoms with E-state index in [0.717, 1.165) is 28.4 Å². The number of benzene rings is 1. The average Bonchev–Trinajstić information content (AvgIpc) is 3.11. The van der Waals surface area contributed by atoms with E-state index in [1.54, 1.807) is 25.4 Å². The van der Waals surface area contributed by atoms with Crippen LogP contribution in [0.25, 0.3) is 10.6 Å². The summed E-state index contributed by atoms with van der Waals surface area (Å²) in [6.07, 6.45) is 2.47. The number of rotatable bonds is 4. The molecule has 3 heterocycles. The second-order valence-corrected chi connectivity index (χ2v) is 9.03. The van der Waals surface area contributed by atoms with Gasteiger partial charge in [-0.15, -0.1) is 11.3 Å². The lowest BCUT2D eigenvalue weighted by Gasteiger charge is -2.21. The van der Waals surface area contributed by atoms with Gasteiger partial charge >= 0.3 is 0 Å². The van der Waals surface area contributed by atoms with Gasteiger partial charge in [-0.05, 0) is 48.2 Å². The van der Waals surface area contributed by atoms with Gasteiger partial charge in [-0.25, -0.2) is 9.97 Å². The molecule has 30 heavy (non-hydrogen) atoms. The second kappa shape index (κ2) is 7.87. The third kappa shape index (κ3) is 4.18. The molecule has 0 saturated heterocycles. The summed E-state index contributed by atoms with van der Waals surface area (Å²) in [6.45, 7) is 4.91. The highest BCUT2D eigenvalue weighted by Crippen LogP contribution is 2.34. The molecule has 1 aliphatic heterocycles. The minimum absolute atomic E-state index is 0.0297. The maximum atomic E-state index is 12.4. The number of nitrogens with zero attached hydrogens (tertiary/aromatic N) is 2. The number of thiazole rings is 1. The van der Waals surface area contributed by atoms with Crippen molar-refractivity contribution in [1.82, 2.24) is 20.6 Å². The summed E-state index contributed by atoms with van der Waals surface area (Å²) in [4.78, 5) is 34.0. The topological polar surface area (TPSA) is 96.0 Å². The second-order valence-electron chi connectivity index (χ2n) is 8.03. The standard InChI is InChI=1S/C22H23N5O2S/c1-22(2)11-16-18(20(29)25-12-22)30-21(27-16)14-8-9-24-17(10-14)26-15-6-4-13(5-7-15)19(28)23-3/h4-10H,11-12H2,1-3H3,(H,23,28)(H,24,26)(H,25,29). The first kappa shape index (κ1) is 20.0. The van der Waals surface area contributed by atoms with Crippen LogP contribution in [0, 0.1) is 5.41 Å². The lowest BCUT2D eigenvalue weighted by Crippen LogP contribution is -2.31. The van der Waals surface area contributed by atoms with Crippen molar-refractivity contribution in [2.45, 2.75) is 20.3 Å². The van der Waals surface area contributed by atoms with Crippen molar-refractivity contribution >= 4 is 34.7 Å². The lowest BCUT2D eigenvalue weighted by molar-refractivity contribution is 0.0945. The molecule has 0 unspecified atom stereocenters. The van der Waals surface area contributed by atoms with Crippen LogP contribution >= 0.6 is 11.3 Å². The summed E-state index contributed by atoms with van der Waals surface area (Å²) in [5.74, 6) is 0.482. The molecule has 1 aromatic carbocycles. The van der Waals surface area contributed by atoms with Crippen molar-refractivity contribution in [3.63, 3.8) is 0 Å². The van der Waals surface area contributed by atoms with Crippen molar-refractivity contribution in [2.75, 3.05) is 18.9 Å². The van der Waals surface area contributed by atoms with Crippen molar-refractivity contribution in [3.8, 4) is 10.6 Å². The van der Waals surface area contributed by atoms with Crippen molar-refractivity contribution in [1.29, 1.82) is 0 Å². The normalized spacial score (nSPS) is 15.0. The fraction of sp³-hybridized carbons (Fsp3) is 0.273. The van der Waals surface area contributed by atoms with Gasteiger partial charge in [0.2, 0.25) is 0 Å². The number of carbonyl (C=O) groups excluding carboxylic acids is 2. The number of aromatic nitrogens is 2. The molecular formula is C22H23N5O2S. The van der Waals surface area contributed by atoms with Crippen LogP contribution in [0.2, 0.25) is 0 Å². The Labute approximate surface area is 179 Å². The summed E-state index contributed by atoms with van der Waals surface area (Å²) in [7, 11) is 1.60. The van der Waals surface area contributed by atoms with Gasteiger partial charge in [0.15, 0.2) is 0 Å². The number of amides is 2. The predicted molar refractivity (Wildman–Crippen MR) is 118 cm³/mol. The van der Waals surface area contributed by atoms with E-state index in [1.165, 1.54) is 11.3 Å². The summed E-state index contributed by atoms with van der Waals surface area (Å²) in [6, 6.07) is 11.0. The first-order valence-electron chi connectivity index (χ1n) is 9.68. The van der Waals surface area contributed by atoms with E-state index >= 15 is 0 Å². The number of pyridine rings is 1. The van der Waals surface area contributed by atoms with Gasteiger partial charge in [0.1, 0.15) is 15.7 Å². The van der Waals surface area contributed by atoms with Crippen LogP contribution in [-0.2, 0) is 6.42 Å². The summed E-state index contributed by atoms with van der Waals surface area (Å²) in [5.41, 5.74) is 3.14. The Balaban J connectivity index is 1.58. The SMILES string of the molecule is CNC(=O)c1ccc(Nc2cc(-c3nc4c(s3)C(=O)NCC(C)(C)C4)ccn2)cc1. The maximum absolute atomic E-state index is 12.4. The molecule has 4 rings (SSSR count). The van der Waals surface area contributed by atoms with Crippen LogP contribution in [0.15, 0.2) is 42.6 Å². The molecule has 154 valence electrons. The first-order valence-corrected chi connectivity index (χ1v) is 10.5. The Morgan fingerprint density at radius 2 is 1.97 bits per heavy atom. The highest BCUT2D eigenvalue weighted by Gasteiger charge is 2.30. The van der Waals surface area contributed by atoms with Gasteiger partial charge < -0.3 is 16.0 Å². The largest absolute Gasteiger partial charge is 0.355 e. The number of fused-ring (bicyclic) bond motifs is 1. The Hall–Kier alpha value is -3.26. The molecule has 0 saturated carbocycles. The van der Waals surface area contributed by atoms with Crippen LogP contribution in [0.4, 0.5) is 11.5 Å². The van der Waals surface area contributed by atoms with E-state index < -0.39 is 0 Å². The zero-order valence-electron chi connectivity index (χ0n) is 17.1. The van der Waals surface area contributed by atoms with Crippen LogP contribution in [0.5, 0.6) is 0 Å². The molecule has 0 aliphatic carbocycles. The fourth-order valence-electron chi connectivity index (χ4n) is 3.32. The molecule has 1 aliphatic rings. The molecule has 0 bridgehead atoms. The van der Waals surface area contributed by atoms with E-state index in [4.69, 9.17) is 4.98 Å². The molecule has 0 spiro atoms. The van der Waals surface area contributed by atoms with Crippen LogP contribution in [0.1, 0.15) is 39.6 Å². The van der Waals surface area contributed by atoms with Gasteiger partial charge in [0.25, 0.3) is 11.8 Å². The van der Waals surface area contributed by atoms with E-state index in [1.807, 2.05) is 24.3 Å². The molecule has 0 fully saturated rings. The van der Waals surface area contributed by atoms with Crippen molar-refractivity contribution in [2.24, 2.45) is 5.41 Å². The minimum atomic E-state index is -0.127. The van der Waals surface area contributed by atoms with E-state index in [9.17, 15) is 9.59 Å². The van der Waals surface area contributed by atoms with Gasteiger partial charge in [-0.3, -0.25) is 9.59 Å². The first-order chi connectivity index (χ1) is 14.3. The fourth-order valence-corrected chi connectivity index (χ4v) is 4.31. The molecule has 8 heteroatoms. The van der Waals surface area contributed by atoms with Crippen LogP contribution in [0.3, 0.4) is 0 Å². The number of anilines is 2. The monoisotopic (exact) mass is 421 g/mol. The molecule has 2 amide bonds. The number of carbonyl (C=O) groups is 2. The highest BCUT2D eigenvalue weighted by molar-refractivity contribution is 7.17. The molecule has 0 radical (unpaired) electrons. The van der Waals surface area contributed by atoms with Gasteiger partial charge in [-0.1, -0.05) is 13.8 Å². The Morgan fingerprint density at radius 1 is 1.20 bits per heavy atom. The predicted octanol–water partition coefficient (Wildman–Crippen LogP) is 3.62. The smallest absolute Gasteiger partial charge is 0.263 e. The molecule has 3 aromatic rings. The summed E-state index contributed by atoms with van der Waals surface area (Å²) < 4.78 is 0. The van der Waals surface area contributed by atoms with E-state index in [2.05, 4.69) is 34.8 Å². The molecule has 7 nitrogen and oxygen atoms in total. The number of nitrogens with one attached hydrogen (secondary N) is 3. The van der Waals surface area contributed by atoms with Gasteiger partial charge in [0, 0.05) is 36.6 Å². The maximum Gasteiger partial charge on any atom is 0.263 e. The summed E-state index contributed by atoms with van der Waals surface area (Å²) >= 11 is 1.41. The van der Waals surface area contributed by atoms with Crippen LogP contribution < -0.4 is 16.0 Å². The van der Waals surface area contributed by atoms with Crippen LogP contribution in [-0.4, -0.2) is 35.4 Å². The van der Waals surface area contributed by atoms with Gasteiger partial charge in [0.05, 0.1) is 5.69 Å². The molecule has 2 aromatic heterocycles. The summed E-state index contributed by atoms with van der Waals surface area (Å²) in [5, 5.41) is 9.64. The minimum Gasteiger partial charge on any atom is -0.355 e. The Kier molecular flexibility index (Phi) is 5.26. The lowest BCUT2D eigenvalue weighted by atomic mass is 9.88. The molecule has 3 N–H and O–H groups in total. The molecular weight excluding hydrogens is 398 g/mol. The third-order valence-electron chi connectivity index (χ3n) is 4.93. The third-order valence-corrected chi connectivity index (χ3v) is 6.08. The Morgan fingerprint density at radius 3 is 2.70 bits per heavy atom. The highest BCUT2D eigenvalue weighted by atomic mass is 32.1. The average molecular weight is 422 g/mol. The number of hydrogen-bond donors (Lipinski definition) is 3. The van der Waals surface area contributed by atoms with Gasteiger partial charge in [-0.2, -0.15) is 0 Å². The number of hydrogen-bond acceptors (Lipinski definition) is 6. The zero-order valence-corrected chi connectivity index (χ0v) is 17.9.